The number of aryl methyl sites for hydroxylation is 1. The van der Waals surface area contributed by atoms with Crippen LogP contribution < -0.4 is 10.2 Å². The topological polar surface area (TPSA) is 109 Å². The molecule has 1 aromatic carbocycles. The number of fused-ring (bicyclic) bond motifs is 1. The van der Waals surface area contributed by atoms with Crippen molar-refractivity contribution < 1.29 is 9.53 Å². The summed E-state index contributed by atoms with van der Waals surface area (Å²) in [4.78, 5) is 17.8. The second-order valence-corrected chi connectivity index (χ2v) is 6.08. The number of aromatic nitrogens is 5. The summed E-state index contributed by atoms with van der Waals surface area (Å²) in [6.45, 7) is 1.92. The van der Waals surface area contributed by atoms with Gasteiger partial charge in [-0.2, -0.15) is 5.10 Å². The van der Waals surface area contributed by atoms with Gasteiger partial charge in [-0.25, -0.2) is 9.78 Å². The van der Waals surface area contributed by atoms with Crippen LogP contribution in [-0.2, 0) is 9.53 Å². The minimum Gasteiger partial charge on any atom is -0.464 e. The maximum Gasteiger partial charge on any atom is 0.356 e. The molecule has 2 N–H and O–H groups in total. The van der Waals surface area contributed by atoms with Crippen molar-refractivity contribution >= 4 is 34.3 Å². The van der Waals surface area contributed by atoms with Crippen LogP contribution in [0.3, 0.4) is 0 Å². The number of anilines is 1. The van der Waals surface area contributed by atoms with Crippen LogP contribution in [0, 0.1) is 6.92 Å². The van der Waals surface area contributed by atoms with Gasteiger partial charge < -0.3 is 15.0 Å². The zero-order valence-corrected chi connectivity index (χ0v) is 15.2. The normalized spacial score (nSPS) is 13.4. The number of hydrogen-bond donors (Lipinski definition) is 2. The highest BCUT2D eigenvalue weighted by Crippen LogP contribution is 2.28. The number of aromatic amines is 1. The van der Waals surface area contributed by atoms with Gasteiger partial charge in [0.25, 0.3) is 0 Å². The molecule has 0 amide bonds. The van der Waals surface area contributed by atoms with E-state index < -0.39 is 5.97 Å². The number of ether oxygens (including phenoxy) is 1. The molecule has 0 atom stereocenters. The summed E-state index contributed by atoms with van der Waals surface area (Å²) in [5.74, 6) is 0.227. The van der Waals surface area contributed by atoms with Gasteiger partial charge in [0.2, 0.25) is 0 Å². The summed E-state index contributed by atoms with van der Waals surface area (Å²) in [6, 6.07) is 5.71. The van der Waals surface area contributed by atoms with Gasteiger partial charge in [0.1, 0.15) is 5.70 Å². The number of hydrogen-bond acceptors (Lipinski definition) is 8. The molecule has 1 aliphatic heterocycles. The zero-order chi connectivity index (χ0) is 19.0. The molecule has 0 spiro atoms. The second-order valence-electron chi connectivity index (χ2n) is 5.72. The molecule has 0 bridgehead atoms. The number of carbonyl (C=O) groups excluding carboxylic acids is 1. The van der Waals surface area contributed by atoms with Gasteiger partial charge in [0.05, 0.1) is 18.3 Å². The maximum absolute atomic E-state index is 11.7. The molecule has 0 saturated carbocycles. The summed E-state index contributed by atoms with van der Waals surface area (Å²) in [6.07, 6.45) is 4.76. The van der Waals surface area contributed by atoms with Crippen molar-refractivity contribution in [3.8, 4) is 11.4 Å². The van der Waals surface area contributed by atoms with Crippen LogP contribution in [0.5, 0.6) is 0 Å². The van der Waals surface area contributed by atoms with Crippen molar-refractivity contribution in [2.75, 3.05) is 12.0 Å². The van der Waals surface area contributed by atoms with Crippen molar-refractivity contribution in [3.63, 3.8) is 0 Å². The third-order valence-electron chi connectivity index (χ3n) is 4.03. The van der Waals surface area contributed by atoms with Crippen LogP contribution in [0.4, 0.5) is 5.82 Å². The van der Waals surface area contributed by atoms with Crippen LogP contribution in [0.15, 0.2) is 42.5 Å². The number of nitrogens with zero attached hydrogens (tertiary/aromatic N) is 5. The Kier molecular flexibility index (Phi) is 4.21. The van der Waals surface area contributed by atoms with Gasteiger partial charge in [-0.05, 0) is 25.1 Å². The zero-order valence-electron chi connectivity index (χ0n) is 14.4. The lowest BCUT2D eigenvalue weighted by Gasteiger charge is -2.21. The van der Waals surface area contributed by atoms with E-state index >= 15 is 0 Å². The monoisotopic (exact) mass is 383 g/mol. The first-order valence-corrected chi connectivity index (χ1v) is 8.31. The molecular formula is C17H14ClN7O2. The number of nitrogens with one attached hydrogen (secondary N) is 2. The summed E-state index contributed by atoms with van der Waals surface area (Å²) >= 11 is 6.19. The molecule has 4 rings (SSSR count). The Labute approximate surface area is 158 Å². The number of esters is 1. The Morgan fingerprint density at radius 3 is 2.96 bits per heavy atom. The van der Waals surface area contributed by atoms with E-state index in [2.05, 4.69) is 30.7 Å². The third-order valence-corrected chi connectivity index (χ3v) is 4.28. The first-order chi connectivity index (χ1) is 13.1. The minimum atomic E-state index is -0.511. The van der Waals surface area contributed by atoms with Gasteiger partial charge in [-0.15, -0.1) is 10.2 Å². The fraction of sp³-hybridized carbons (Fsp3) is 0.118. The Morgan fingerprint density at radius 2 is 2.15 bits per heavy atom. The molecule has 27 heavy (non-hydrogen) atoms. The lowest BCUT2D eigenvalue weighted by Crippen LogP contribution is -2.26. The highest BCUT2D eigenvalue weighted by molar-refractivity contribution is 6.31. The Bertz CT molecular complexity index is 1110. The smallest absolute Gasteiger partial charge is 0.356 e. The molecule has 136 valence electrons. The fourth-order valence-corrected chi connectivity index (χ4v) is 2.83. The van der Waals surface area contributed by atoms with E-state index in [0.29, 0.717) is 11.6 Å². The minimum absolute atomic E-state index is 0.103. The first kappa shape index (κ1) is 17.0. The number of halogens is 1. The van der Waals surface area contributed by atoms with E-state index in [1.165, 1.54) is 13.3 Å². The van der Waals surface area contributed by atoms with Gasteiger partial charge in [-0.3, -0.25) is 5.10 Å². The van der Waals surface area contributed by atoms with Gasteiger partial charge in [0, 0.05) is 29.5 Å². The van der Waals surface area contributed by atoms with E-state index in [-0.39, 0.29) is 10.9 Å². The van der Waals surface area contributed by atoms with Gasteiger partial charge >= 0.3 is 5.97 Å². The fourth-order valence-electron chi connectivity index (χ4n) is 2.66. The quantitative estimate of drug-likeness (QED) is 0.663. The van der Waals surface area contributed by atoms with Crippen molar-refractivity contribution in [3.05, 3.63) is 53.3 Å². The van der Waals surface area contributed by atoms with E-state index in [1.54, 1.807) is 17.3 Å². The molecule has 9 nitrogen and oxygen atoms in total. The molecule has 0 radical (unpaired) electrons. The van der Waals surface area contributed by atoms with Crippen LogP contribution in [0.2, 0.25) is 5.15 Å². The first-order valence-electron chi connectivity index (χ1n) is 7.94. The molecule has 0 unspecified atom stereocenters. The molecule has 3 aromatic rings. The Hall–Kier alpha value is -3.46. The van der Waals surface area contributed by atoms with E-state index in [4.69, 9.17) is 16.3 Å². The van der Waals surface area contributed by atoms with E-state index in [1.807, 2.05) is 25.1 Å². The van der Waals surface area contributed by atoms with Crippen LogP contribution in [0.25, 0.3) is 22.3 Å². The van der Waals surface area contributed by atoms with Crippen LogP contribution in [-0.4, -0.2) is 38.5 Å². The summed E-state index contributed by atoms with van der Waals surface area (Å²) < 4.78 is 4.72. The predicted molar refractivity (Wildman–Crippen MR) is 99.5 cm³/mol. The van der Waals surface area contributed by atoms with Crippen molar-refractivity contribution in [2.24, 2.45) is 0 Å². The SMILES string of the molecule is COC(=O)C1=CN(c2nc(-c3ccc4[nH]nc(C)c4c3)nnc2Cl)C=CN1. The Balaban J connectivity index is 1.76. The van der Waals surface area contributed by atoms with Gasteiger partial charge in [-0.1, -0.05) is 11.6 Å². The molecule has 0 saturated heterocycles. The standard InChI is InChI=1S/C17H14ClN7O2/c1-9-11-7-10(3-4-12(11)22-21-9)15-20-16(14(18)23-24-15)25-6-5-19-13(8-25)17(26)27-2/h3-8,19H,1-2H3,(H,21,22). The van der Waals surface area contributed by atoms with Crippen LogP contribution >= 0.6 is 11.6 Å². The number of rotatable bonds is 3. The number of methoxy groups -OCH3 is 1. The maximum atomic E-state index is 11.7. The molecular weight excluding hydrogens is 370 g/mol. The Morgan fingerprint density at radius 1 is 1.30 bits per heavy atom. The summed E-state index contributed by atoms with van der Waals surface area (Å²) in [5.41, 5.74) is 2.82. The van der Waals surface area contributed by atoms with E-state index in [9.17, 15) is 4.79 Å². The largest absolute Gasteiger partial charge is 0.464 e. The molecule has 0 aliphatic carbocycles. The highest BCUT2D eigenvalue weighted by Gasteiger charge is 2.19. The third kappa shape index (κ3) is 3.08. The second kappa shape index (κ2) is 6.69. The van der Waals surface area contributed by atoms with Crippen molar-refractivity contribution in [1.29, 1.82) is 0 Å². The molecule has 0 fully saturated rings. The number of carbonyl (C=O) groups is 1. The summed E-state index contributed by atoms with van der Waals surface area (Å²) in [7, 11) is 1.30. The average molecular weight is 384 g/mol. The molecule has 10 heteroatoms. The van der Waals surface area contributed by atoms with E-state index in [0.717, 1.165) is 22.2 Å². The predicted octanol–water partition coefficient (Wildman–Crippen LogP) is 2.27. The molecule has 1 aliphatic rings. The number of H-pyrrole nitrogens is 1. The number of benzene rings is 1. The summed E-state index contributed by atoms with van der Waals surface area (Å²) in [5, 5.41) is 19.1. The molecule has 2 aromatic heterocycles. The van der Waals surface area contributed by atoms with Crippen molar-refractivity contribution in [2.45, 2.75) is 6.92 Å². The average Bonchev–Trinajstić information content (AvgIpc) is 3.08. The van der Waals surface area contributed by atoms with Crippen LogP contribution in [0.1, 0.15) is 5.69 Å². The van der Waals surface area contributed by atoms with Crippen molar-refractivity contribution in [1.82, 2.24) is 30.7 Å². The molecule has 3 heterocycles. The highest BCUT2D eigenvalue weighted by atomic mass is 35.5. The lowest BCUT2D eigenvalue weighted by atomic mass is 10.1. The van der Waals surface area contributed by atoms with Gasteiger partial charge in [0.15, 0.2) is 16.8 Å². The lowest BCUT2D eigenvalue weighted by molar-refractivity contribution is -0.136.